The van der Waals surface area contributed by atoms with Gasteiger partial charge < -0.3 is 19.5 Å². The van der Waals surface area contributed by atoms with Crippen LogP contribution in [0.25, 0.3) is 0 Å². The van der Waals surface area contributed by atoms with E-state index in [0.29, 0.717) is 17.2 Å². The lowest BCUT2D eigenvalue weighted by molar-refractivity contribution is -0.133. The fourth-order valence-electron chi connectivity index (χ4n) is 1.62. The third-order valence-corrected chi connectivity index (χ3v) is 3.33. The van der Waals surface area contributed by atoms with Crippen LogP contribution < -0.4 is 4.74 Å². The van der Waals surface area contributed by atoms with Gasteiger partial charge in [0.15, 0.2) is 5.71 Å². The number of carbonyl (C=O) groups is 1. The highest BCUT2D eigenvalue weighted by atomic mass is 32.2. The minimum absolute atomic E-state index is 0.0399. The highest BCUT2D eigenvalue weighted by molar-refractivity contribution is 7.99. The second-order valence-corrected chi connectivity index (χ2v) is 5.00. The average molecular weight is 310 g/mol. The standard InChI is InChI=1S/C13H14N2O5S/c1-18-14-12-9-4-2-3-5-10(9)20-13(12)15-19-6-7-21-8-11(16)17/h2-5H,6-8H2,1H3,(H,16,17)/b14-12-,15-13-. The van der Waals surface area contributed by atoms with Crippen molar-refractivity contribution < 1.29 is 24.3 Å². The van der Waals surface area contributed by atoms with Gasteiger partial charge in [-0.05, 0) is 17.3 Å². The summed E-state index contributed by atoms with van der Waals surface area (Å²) >= 11 is 1.25. The van der Waals surface area contributed by atoms with E-state index >= 15 is 0 Å². The summed E-state index contributed by atoms with van der Waals surface area (Å²) in [6, 6.07) is 7.35. The van der Waals surface area contributed by atoms with Crippen LogP contribution in [0.4, 0.5) is 0 Å². The summed E-state index contributed by atoms with van der Waals surface area (Å²) in [5, 5.41) is 16.3. The summed E-state index contributed by atoms with van der Waals surface area (Å²) in [6.07, 6.45) is 0. The van der Waals surface area contributed by atoms with Crippen molar-refractivity contribution in [1.82, 2.24) is 0 Å². The lowest BCUT2D eigenvalue weighted by Crippen LogP contribution is -2.15. The van der Waals surface area contributed by atoms with Crippen LogP contribution >= 0.6 is 11.8 Å². The number of aliphatic carboxylic acids is 1. The highest BCUT2D eigenvalue weighted by Gasteiger charge is 2.28. The van der Waals surface area contributed by atoms with Crippen molar-refractivity contribution in [3.63, 3.8) is 0 Å². The fraction of sp³-hybridized carbons (Fsp3) is 0.308. The van der Waals surface area contributed by atoms with E-state index in [9.17, 15) is 4.79 Å². The monoisotopic (exact) mass is 310 g/mol. The van der Waals surface area contributed by atoms with Crippen molar-refractivity contribution in [2.45, 2.75) is 0 Å². The highest BCUT2D eigenvalue weighted by Crippen LogP contribution is 2.26. The summed E-state index contributed by atoms with van der Waals surface area (Å²) in [4.78, 5) is 20.2. The van der Waals surface area contributed by atoms with E-state index in [-0.39, 0.29) is 18.3 Å². The molecule has 1 N–H and O–H groups in total. The van der Waals surface area contributed by atoms with Crippen molar-refractivity contribution in [1.29, 1.82) is 0 Å². The third kappa shape index (κ3) is 4.12. The Hall–Kier alpha value is -2.22. The maximum Gasteiger partial charge on any atom is 0.313 e. The molecular formula is C13H14N2O5S. The lowest BCUT2D eigenvalue weighted by Gasteiger charge is -2.00. The number of fused-ring (bicyclic) bond motifs is 1. The van der Waals surface area contributed by atoms with Crippen molar-refractivity contribution >= 4 is 29.3 Å². The molecule has 1 aromatic carbocycles. The summed E-state index contributed by atoms with van der Waals surface area (Å²) in [5.74, 6) is 0.568. The van der Waals surface area contributed by atoms with Gasteiger partial charge in [-0.3, -0.25) is 4.79 Å². The number of para-hydroxylation sites is 1. The Morgan fingerprint density at radius 1 is 1.38 bits per heavy atom. The molecule has 0 saturated heterocycles. The van der Waals surface area contributed by atoms with Crippen molar-refractivity contribution in [3.05, 3.63) is 29.8 Å². The second-order valence-electron chi connectivity index (χ2n) is 3.90. The van der Waals surface area contributed by atoms with E-state index in [2.05, 4.69) is 10.3 Å². The Labute approximate surface area is 125 Å². The van der Waals surface area contributed by atoms with Gasteiger partial charge in [0, 0.05) is 5.75 Å². The molecule has 0 bridgehead atoms. The minimum Gasteiger partial charge on any atom is -0.481 e. The molecule has 0 radical (unpaired) electrons. The van der Waals surface area contributed by atoms with E-state index < -0.39 is 5.97 Å². The van der Waals surface area contributed by atoms with Crippen LogP contribution in [0.2, 0.25) is 0 Å². The van der Waals surface area contributed by atoms with Crippen LogP contribution in [0.5, 0.6) is 5.75 Å². The Balaban J connectivity index is 1.93. The van der Waals surface area contributed by atoms with E-state index in [1.54, 1.807) is 6.07 Å². The second kappa shape index (κ2) is 7.53. The third-order valence-electron chi connectivity index (χ3n) is 2.43. The molecule has 0 unspecified atom stereocenters. The van der Waals surface area contributed by atoms with E-state index in [1.165, 1.54) is 18.9 Å². The molecule has 0 aliphatic carbocycles. The molecule has 1 heterocycles. The summed E-state index contributed by atoms with van der Waals surface area (Å²) in [7, 11) is 1.44. The van der Waals surface area contributed by atoms with Crippen LogP contribution in [0.1, 0.15) is 5.56 Å². The first-order chi connectivity index (χ1) is 10.2. The molecule has 0 fully saturated rings. The summed E-state index contributed by atoms with van der Waals surface area (Å²) < 4.78 is 5.53. The average Bonchev–Trinajstić information content (AvgIpc) is 2.81. The number of thioether (sulfide) groups is 1. The van der Waals surface area contributed by atoms with Crippen molar-refractivity contribution in [2.75, 3.05) is 25.2 Å². The molecule has 0 atom stereocenters. The number of hydrogen-bond acceptors (Lipinski definition) is 7. The maximum absolute atomic E-state index is 10.3. The van der Waals surface area contributed by atoms with Crippen molar-refractivity contribution in [3.8, 4) is 5.75 Å². The number of carboxylic acids is 1. The summed E-state index contributed by atoms with van der Waals surface area (Å²) in [6.45, 7) is 0.279. The molecule has 0 saturated carbocycles. The number of ether oxygens (including phenoxy) is 1. The van der Waals surface area contributed by atoms with E-state index in [0.717, 1.165) is 5.56 Å². The number of benzene rings is 1. The van der Waals surface area contributed by atoms with Gasteiger partial charge in [0.2, 0.25) is 0 Å². The number of nitrogens with zero attached hydrogens (tertiary/aromatic N) is 2. The molecule has 1 aliphatic heterocycles. The van der Waals surface area contributed by atoms with Gasteiger partial charge in [-0.2, -0.15) is 0 Å². The Morgan fingerprint density at radius 3 is 2.95 bits per heavy atom. The topological polar surface area (TPSA) is 89.7 Å². The van der Waals surface area contributed by atoms with Gasteiger partial charge in [-0.1, -0.05) is 17.3 Å². The number of carboxylic acid groups (broad SMARTS) is 1. The van der Waals surface area contributed by atoms with Crippen LogP contribution in [-0.2, 0) is 14.5 Å². The number of hydrogen-bond donors (Lipinski definition) is 1. The van der Waals surface area contributed by atoms with Gasteiger partial charge in [0.1, 0.15) is 19.5 Å². The first kappa shape index (κ1) is 15.2. The molecule has 2 rings (SSSR count). The predicted octanol–water partition coefficient (Wildman–Crippen LogP) is 1.58. The first-order valence-corrected chi connectivity index (χ1v) is 7.26. The molecule has 21 heavy (non-hydrogen) atoms. The molecule has 1 aliphatic rings. The molecule has 0 spiro atoms. The van der Waals surface area contributed by atoms with Crippen LogP contribution in [-0.4, -0.2) is 47.9 Å². The fourth-order valence-corrected chi connectivity index (χ4v) is 2.13. The first-order valence-electron chi connectivity index (χ1n) is 6.10. The molecular weight excluding hydrogens is 296 g/mol. The minimum atomic E-state index is -0.851. The van der Waals surface area contributed by atoms with E-state index in [1.807, 2.05) is 18.2 Å². The van der Waals surface area contributed by atoms with E-state index in [4.69, 9.17) is 19.5 Å². The van der Waals surface area contributed by atoms with Crippen LogP contribution in [0, 0.1) is 0 Å². The molecule has 1 aromatic rings. The van der Waals surface area contributed by atoms with Crippen LogP contribution in [0.3, 0.4) is 0 Å². The quantitative estimate of drug-likeness (QED) is 0.607. The molecule has 112 valence electrons. The molecule has 0 aromatic heterocycles. The smallest absolute Gasteiger partial charge is 0.313 e. The lowest BCUT2D eigenvalue weighted by atomic mass is 10.1. The van der Waals surface area contributed by atoms with Gasteiger partial charge in [0.05, 0.1) is 11.3 Å². The Bertz CT molecular complexity index is 573. The maximum atomic E-state index is 10.3. The number of rotatable bonds is 7. The largest absolute Gasteiger partial charge is 0.481 e. The van der Waals surface area contributed by atoms with Crippen LogP contribution in [0.15, 0.2) is 34.6 Å². The normalized spacial score (nSPS) is 16.6. The zero-order chi connectivity index (χ0) is 15.1. The molecule has 0 amide bonds. The van der Waals surface area contributed by atoms with Crippen molar-refractivity contribution in [2.24, 2.45) is 10.3 Å². The van der Waals surface area contributed by atoms with Gasteiger partial charge in [-0.25, -0.2) is 0 Å². The Morgan fingerprint density at radius 2 is 2.19 bits per heavy atom. The zero-order valence-corrected chi connectivity index (χ0v) is 12.1. The summed E-state index contributed by atoms with van der Waals surface area (Å²) in [5.41, 5.74) is 1.24. The zero-order valence-electron chi connectivity index (χ0n) is 11.3. The van der Waals surface area contributed by atoms with Gasteiger partial charge >= 0.3 is 5.97 Å². The molecule has 7 nitrogen and oxygen atoms in total. The SMILES string of the molecule is CO/N=C1\C(=N\OCCSCC(=O)O)Oc2ccccc21. The Kier molecular flexibility index (Phi) is 5.44. The molecule has 8 heteroatoms. The number of oxime groups is 2. The van der Waals surface area contributed by atoms with Gasteiger partial charge in [-0.15, -0.1) is 11.8 Å². The predicted molar refractivity (Wildman–Crippen MR) is 79.0 cm³/mol. The van der Waals surface area contributed by atoms with Gasteiger partial charge in [0.25, 0.3) is 5.90 Å².